The number of methoxy groups -OCH3 is 1. The molecule has 1 atom stereocenters. The van der Waals surface area contributed by atoms with Crippen molar-refractivity contribution in [1.82, 2.24) is 4.90 Å². The lowest BCUT2D eigenvalue weighted by molar-refractivity contribution is 0.0182. The fourth-order valence-corrected chi connectivity index (χ4v) is 5.06. The molecule has 1 heterocycles. The van der Waals surface area contributed by atoms with Crippen LogP contribution < -0.4 is 9.64 Å². The molecule has 1 saturated heterocycles. The van der Waals surface area contributed by atoms with Gasteiger partial charge >= 0.3 is 12.2 Å². The monoisotopic (exact) mass is 528 g/mol. The van der Waals surface area contributed by atoms with E-state index in [2.05, 4.69) is 12.1 Å². The third-order valence-electron chi connectivity index (χ3n) is 5.67. The van der Waals surface area contributed by atoms with Crippen molar-refractivity contribution in [2.24, 2.45) is 0 Å². The van der Waals surface area contributed by atoms with Gasteiger partial charge in [-0.25, -0.2) is 9.59 Å². The van der Waals surface area contributed by atoms with Crippen LogP contribution in [0.15, 0.2) is 53.4 Å². The van der Waals surface area contributed by atoms with Crippen molar-refractivity contribution in [3.8, 4) is 5.75 Å². The van der Waals surface area contributed by atoms with Crippen molar-refractivity contribution in [3.05, 3.63) is 54.1 Å². The van der Waals surface area contributed by atoms with E-state index < -0.39 is 17.3 Å². The van der Waals surface area contributed by atoms with Crippen LogP contribution in [0.5, 0.6) is 5.75 Å². The summed E-state index contributed by atoms with van der Waals surface area (Å²) in [6, 6.07) is 15.8. The second kappa shape index (κ2) is 12.1. The summed E-state index contributed by atoms with van der Waals surface area (Å²) in [4.78, 5) is 30.6. The predicted molar refractivity (Wildman–Crippen MR) is 149 cm³/mol. The molecule has 1 fully saturated rings. The fourth-order valence-electron chi connectivity index (χ4n) is 4.09. The Morgan fingerprint density at radius 1 is 1.00 bits per heavy atom. The van der Waals surface area contributed by atoms with Crippen LogP contribution in [0.4, 0.5) is 15.3 Å². The molecule has 7 nitrogen and oxygen atoms in total. The standard InChI is InChI=1S/C29H40N2O5S/c1-28(2,3)35-26(32)30-17-11-14-23(19-30)31(27(33)36-29(4,5)6)22-15-16-25(24(18-22)34-7)37-20-21-12-9-8-10-13-21/h8-10,12-13,15-16,18,23H,11,14,17,19-20H2,1-7H3/t23-/m1/s1. The first-order valence-corrected chi connectivity index (χ1v) is 13.7. The molecule has 202 valence electrons. The highest BCUT2D eigenvalue weighted by molar-refractivity contribution is 7.98. The van der Waals surface area contributed by atoms with Gasteiger partial charge < -0.3 is 19.1 Å². The first kappa shape index (κ1) is 28.7. The van der Waals surface area contributed by atoms with Crippen molar-refractivity contribution in [2.45, 2.75) is 82.3 Å². The molecule has 0 aromatic heterocycles. The van der Waals surface area contributed by atoms with Crippen LogP contribution in [-0.2, 0) is 15.2 Å². The van der Waals surface area contributed by atoms with Gasteiger partial charge in [-0.15, -0.1) is 11.8 Å². The van der Waals surface area contributed by atoms with E-state index in [1.54, 1.807) is 28.7 Å². The Balaban J connectivity index is 1.87. The zero-order chi connectivity index (χ0) is 27.2. The van der Waals surface area contributed by atoms with Gasteiger partial charge in [-0.3, -0.25) is 4.90 Å². The van der Waals surface area contributed by atoms with Crippen LogP contribution in [-0.4, -0.2) is 54.5 Å². The van der Waals surface area contributed by atoms with Gasteiger partial charge in [-0.05, 0) is 72.1 Å². The van der Waals surface area contributed by atoms with Gasteiger partial charge in [-0.1, -0.05) is 30.3 Å². The Morgan fingerprint density at radius 2 is 1.68 bits per heavy atom. The van der Waals surface area contributed by atoms with E-state index in [0.29, 0.717) is 24.5 Å². The van der Waals surface area contributed by atoms with Gasteiger partial charge in [0.15, 0.2) is 0 Å². The SMILES string of the molecule is COc1cc(N(C(=O)OC(C)(C)C)[C@@H]2CCCN(C(=O)OC(C)(C)C)C2)ccc1SCc1ccccc1. The number of ether oxygens (including phenoxy) is 3. The molecule has 1 aliphatic rings. The summed E-state index contributed by atoms with van der Waals surface area (Å²) in [6.07, 6.45) is 0.679. The van der Waals surface area contributed by atoms with Crippen LogP contribution in [0.1, 0.15) is 59.9 Å². The van der Waals surface area contributed by atoms with Crippen LogP contribution in [0.25, 0.3) is 0 Å². The van der Waals surface area contributed by atoms with Crippen molar-refractivity contribution in [3.63, 3.8) is 0 Å². The van der Waals surface area contributed by atoms with Gasteiger partial charge in [0.1, 0.15) is 17.0 Å². The van der Waals surface area contributed by atoms with E-state index in [-0.39, 0.29) is 12.1 Å². The van der Waals surface area contributed by atoms with Crippen molar-refractivity contribution in [1.29, 1.82) is 0 Å². The van der Waals surface area contributed by atoms with Gasteiger partial charge in [0, 0.05) is 29.8 Å². The third kappa shape index (κ3) is 8.59. The van der Waals surface area contributed by atoms with E-state index in [1.807, 2.05) is 77.9 Å². The molecule has 37 heavy (non-hydrogen) atoms. The highest BCUT2D eigenvalue weighted by Gasteiger charge is 2.36. The number of nitrogens with zero attached hydrogens (tertiary/aromatic N) is 2. The molecule has 0 saturated carbocycles. The summed E-state index contributed by atoms with van der Waals surface area (Å²) in [7, 11) is 1.63. The molecule has 0 bridgehead atoms. The van der Waals surface area contributed by atoms with Crippen LogP contribution in [0.2, 0.25) is 0 Å². The molecule has 8 heteroatoms. The molecule has 0 N–H and O–H groups in total. The number of hydrogen-bond donors (Lipinski definition) is 0. The molecule has 2 aromatic carbocycles. The summed E-state index contributed by atoms with van der Waals surface area (Å²) >= 11 is 1.68. The normalized spacial score (nSPS) is 16.2. The Bertz CT molecular complexity index is 1060. The number of anilines is 1. The molecule has 1 aliphatic heterocycles. The Hall–Kier alpha value is -2.87. The van der Waals surface area contributed by atoms with Gasteiger partial charge in [0.2, 0.25) is 0 Å². The Labute approximate surface area is 225 Å². The number of thioether (sulfide) groups is 1. The summed E-state index contributed by atoms with van der Waals surface area (Å²) in [6.45, 7) is 12.0. The number of carbonyl (C=O) groups is 2. The molecule has 3 rings (SSSR count). The minimum absolute atomic E-state index is 0.261. The summed E-state index contributed by atoms with van der Waals surface area (Å²) in [5, 5.41) is 0. The van der Waals surface area contributed by atoms with Crippen molar-refractivity contribution < 1.29 is 23.8 Å². The van der Waals surface area contributed by atoms with Crippen molar-refractivity contribution in [2.75, 3.05) is 25.1 Å². The second-order valence-corrected chi connectivity index (χ2v) is 12.2. The van der Waals surface area contributed by atoms with Crippen LogP contribution in [0.3, 0.4) is 0 Å². The molecule has 0 spiro atoms. The second-order valence-electron chi connectivity index (χ2n) is 11.2. The number of amides is 2. The predicted octanol–water partition coefficient (Wildman–Crippen LogP) is 7.13. The van der Waals surface area contributed by atoms with Crippen LogP contribution >= 0.6 is 11.8 Å². The number of rotatable bonds is 6. The highest BCUT2D eigenvalue weighted by Crippen LogP contribution is 2.36. The van der Waals surface area contributed by atoms with Crippen LogP contribution in [0, 0.1) is 0 Å². The number of hydrogen-bond acceptors (Lipinski definition) is 6. The topological polar surface area (TPSA) is 68.3 Å². The van der Waals surface area contributed by atoms with E-state index in [0.717, 1.165) is 23.5 Å². The highest BCUT2D eigenvalue weighted by atomic mass is 32.2. The summed E-state index contributed by atoms with van der Waals surface area (Å²) in [5.41, 5.74) is 0.643. The lowest BCUT2D eigenvalue weighted by Crippen LogP contribution is -2.53. The average molecular weight is 529 g/mol. The zero-order valence-electron chi connectivity index (χ0n) is 23.1. The summed E-state index contributed by atoms with van der Waals surface area (Å²) < 4.78 is 17.1. The molecular formula is C29H40N2O5S. The fraction of sp³-hybridized carbons (Fsp3) is 0.517. The maximum Gasteiger partial charge on any atom is 0.415 e. The number of likely N-dealkylation sites (tertiary alicyclic amines) is 1. The molecule has 0 aliphatic carbocycles. The number of benzene rings is 2. The first-order chi connectivity index (χ1) is 17.4. The van der Waals surface area contributed by atoms with E-state index in [1.165, 1.54) is 5.56 Å². The first-order valence-electron chi connectivity index (χ1n) is 12.7. The molecular weight excluding hydrogens is 488 g/mol. The maximum absolute atomic E-state index is 13.5. The Kier molecular flexibility index (Phi) is 9.40. The molecule has 2 amide bonds. The van der Waals surface area contributed by atoms with Gasteiger partial charge in [0.05, 0.1) is 18.8 Å². The maximum atomic E-state index is 13.5. The smallest absolute Gasteiger partial charge is 0.415 e. The van der Waals surface area contributed by atoms with Gasteiger partial charge in [-0.2, -0.15) is 0 Å². The summed E-state index contributed by atoms with van der Waals surface area (Å²) in [5.74, 6) is 1.49. The number of piperidine rings is 1. The molecule has 2 aromatic rings. The van der Waals surface area contributed by atoms with E-state index >= 15 is 0 Å². The minimum atomic E-state index is -0.662. The average Bonchev–Trinajstić information content (AvgIpc) is 2.82. The third-order valence-corrected chi connectivity index (χ3v) is 6.79. The quantitative estimate of drug-likeness (QED) is 0.372. The van der Waals surface area contributed by atoms with Gasteiger partial charge in [0.25, 0.3) is 0 Å². The number of carbonyl (C=O) groups excluding carboxylic acids is 2. The van der Waals surface area contributed by atoms with E-state index in [4.69, 9.17) is 14.2 Å². The Morgan fingerprint density at radius 3 is 2.30 bits per heavy atom. The molecule has 0 unspecified atom stereocenters. The molecule has 0 radical (unpaired) electrons. The minimum Gasteiger partial charge on any atom is -0.496 e. The zero-order valence-corrected chi connectivity index (χ0v) is 23.9. The lowest BCUT2D eigenvalue weighted by atomic mass is 10.0. The largest absolute Gasteiger partial charge is 0.496 e. The van der Waals surface area contributed by atoms with Crippen molar-refractivity contribution >= 4 is 29.6 Å². The lowest BCUT2D eigenvalue weighted by Gasteiger charge is -2.40. The van der Waals surface area contributed by atoms with E-state index in [9.17, 15) is 9.59 Å².